The van der Waals surface area contributed by atoms with Crippen LogP contribution in [0, 0.1) is 0 Å². The summed E-state index contributed by atoms with van der Waals surface area (Å²) in [6.07, 6.45) is 2.86. The molecule has 2 heterocycles. The summed E-state index contributed by atoms with van der Waals surface area (Å²) in [6, 6.07) is 15.7. The molecule has 0 aliphatic heterocycles. The van der Waals surface area contributed by atoms with Gasteiger partial charge in [0.2, 0.25) is 0 Å². The third-order valence-electron chi connectivity index (χ3n) is 3.96. The fraction of sp³-hybridized carbons (Fsp3) is 0.0556. The van der Waals surface area contributed by atoms with E-state index in [4.69, 9.17) is 0 Å². The molecule has 0 radical (unpaired) electrons. The molecule has 0 atom stereocenters. The van der Waals surface area contributed by atoms with Crippen LogP contribution in [0.2, 0.25) is 0 Å². The number of benzene rings is 2. The lowest BCUT2D eigenvalue weighted by atomic mass is 10.1. The molecule has 2 aromatic carbocycles. The van der Waals surface area contributed by atoms with E-state index in [-0.39, 0.29) is 5.65 Å². The maximum atomic E-state index is 11.9. The first-order chi connectivity index (χ1) is 11.7. The van der Waals surface area contributed by atoms with Crippen LogP contribution in [0.3, 0.4) is 0 Å². The standard InChI is InChI=1S/C18H14N4O2/c23-17-8-16(15-10-19-11-21-18(15)22(17)24)20-9-12-5-6-13-3-1-2-4-14(13)7-12/h1-8,10-11,20,24H,9H2. The molecule has 0 saturated carbocycles. The van der Waals surface area contributed by atoms with E-state index in [0.717, 1.165) is 10.9 Å². The quantitative estimate of drug-likeness (QED) is 0.568. The Kier molecular flexibility index (Phi) is 3.35. The smallest absolute Gasteiger partial charge is 0.286 e. The Morgan fingerprint density at radius 1 is 1.08 bits per heavy atom. The van der Waals surface area contributed by atoms with E-state index in [9.17, 15) is 10.0 Å². The van der Waals surface area contributed by atoms with Crippen molar-refractivity contribution in [1.29, 1.82) is 0 Å². The third-order valence-corrected chi connectivity index (χ3v) is 3.96. The molecular weight excluding hydrogens is 304 g/mol. The molecule has 2 N–H and O–H groups in total. The first-order valence-corrected chi connectivity index (χ1v) is 7.49. The minimum atomic E-state index is -0.540. The number of rotatable bonds is 3. The number of nitrogens with zero attached hydrogens (tertiary/aromatic N) is 3. The van der Waals surface area contributed by atoms with E-state index in [2.05, 4.69) is 39.6 Å². The zero-order valence-electron chi connectivity index (χ0n) is 12.7. The largest absolute Gasteiger partial charge is 0.423 e. The van der Waals surface area contributed by atoms with E-state index in [1.165, 1.54) is 17.8 Å². The molecule has 0 unspecified atom stereocenters. The number of nitrogens with one attached hydrogen (secondary N) is 1. The minimum absolute atomic E-state index is 0.179. The van der Waals surface area contributed by atoms with Gasteiger partial charge in [0.25, 0.3) is 5.56 Å². The van der Waals surface area contributed by atoms with E-state index in [1.54, 1.807) is 6.20 Å². The zero-order chi connectivity index (χ0) is 16.5. The number of fused-ring (bicyclic) bond motifs is 2. The van der Waals surface area contributed by atoms with Crippen LogP contribution in [0.1, 0.15) is 5.56 Å². The number of hydrogen-bond acceptors (Lipinski definition) is 5. The summed E-state index contributed by atoms with van der Waals surface area (Å²) in [5.41, 5.74) is 1.32. The molecule has 4 rings (SSSR count). The van der Waals surface area contributed by atoms with Crippen molar-refractivity contribution in [2.45, 2.75) is 6.54 Å². The predicted molar refractivity (Wildman–Crippen MR) is 92.3 cm³/mol. The van der Waals surface area contributed by atoms with Gasteiger partial charge in [-0.25, -0.2) is 9.97 Å². The number of aromatic nitrogens is 3. The summed E-state index contributed by atoms with van der Waals surface area (Å²) in [5.74, 6) is 0. The Hall–Kier alpha value is -3.41. The van der Waals surface area contributed by atoms with Crippen LogP contribution < -0.4 is 10.9 Å². The third kappa shape index (κ3) is 2.44. The average Bonchev–Trinajstić information content (AvgIpc) is 2.63. The first kappa shape index (κ1) is 14.2. The Morgan fingerprint density at radius 3 is 2.79 bits per heavy atom. The molecule has 2 aromatic heterocycles. The Labute approximate surface area is 137 Å². The molecule has 6 nitrogen and oxygen atoms in total. The maximum absolute atomic E-state index is 11.9. The fourth-order valence-electron chi connectivity index (χ4n) is 2.74. The molecule has 118 valence electrons. The van der Waals surface area contributed by atoms with Crippen molar-refractivity contribution in [3.63, 3.8) is 0 Å². The van der Waals surface area contributed by atoms with Gasteiger partial charge in [0, 0.05) is 18.8 Å². The van der Waals surface area contributed by atoms with Crippen LogP contribution in [0.4, 0.5) is 5.69 Å². The highest BCUT2D eigenvalue weighted by atomic mass is 16.5. The van der Waals surface area contributed by atoms with E-state index >= 15 is 0 Å². The van der Waals surface area contributed by atoms with Gasteiger partial charge in [-0.15, -0.1) is 4.73 Å². The Bertz CT molecular complexity index is 1100. The lowest BCUT2D eigenvalue weighted by Crippen LogP contribution is -2.19. The average molecular weight is 318 g/mol. The van der Waals surface area contributed by atoms with Crippen LogP contribution in [-0.4, -0.2) is 19.9 Å². The summed E-state index contributed by atoms with van der Waals surface area (Å²) < 4.78 is 0.526. The predicted octanol–water partition coefficient (Wildman–Crippen LogP) is 2.79. The molecule has 0 aliphatic rings. The molecule has 24 heavy (non-hydrogen) atoms. The maximum Gasteiger partial charge on any atom is 0.286 e. The number of pyridine rings is 1. The summed E-state index contributed by atoms with van der Waals surface area (Å²) >= 11 is 0. The van der Waals surface area contributed by atoms with Crippen molar-refractivity contribution in [3.05, 3.63) is 77.0 Å². The summed E-state index contributed by atoms with van der Waals surface area (Å²) in [5, 5.41) is 15.9. The van der Waals surface area contributed by atoms with Crippen LogP contribution in [0.5, 0.6) is 0 Å². The molecule has 0 amide bonds. The highest BCUT2D eigenvalue weighted by Crippen LogP contribution is 2.20. The molecule has 0 aliphatic carbocycles. The van der Waals surface area contributed by atoms with Crippen LogP contribution in [-0.2, 0) is 6.54 Å². The lowest BCUT2D eigenvalue weighted by Gasteiger charge is -2.11. The van der Waals surface area contributed by atoms with E-state index in [1.807, 2.05) is 18.2 Å². The van der Waals surface area contributed by atoms with E-state index in [0.29, 0.717) is 22.3 Å². The van der Waals surface area contributed by atoms with Gasteiger partial charge in [0.1, 0.15) is 6.33 Å². The Balaban J connectivity index is 1.69. The van der Waals surface area contributed by atoms with Gasteiger partial charge >= 0.3 is 0 Å². The number of hydrogen-bond donors (Lipinski definition) is 2. The van der Waals surface area contributed by atoms with Crippen molar-refractivity contribution in [3.8, 4) is 0 Å². The van der Waals surface area contributed by atoms with Gasteiger partial charge in [0.15, 0.2) is 5.65 Å². The molecule has 0 spiro atoms. The second kappa shape index (κ2) is 5.66. The van der Waals surface area contributed by atoms with Gasteiger partial charge < -0.3 is 10.5 Å². The normalized spacial score (nSPS) is 11.0. The lowest BCUT2D eigenvalue weighted by molar-refractivity contribution is 0.186. The summed E-state index contributed by atoms with van der Waals surface area (Å²) in [4.78, 5) is 19.8. The van der Waals surface area contributed by atoms with Crippen LogP contribution in [0.15, 0.2) is 65.8 Å². The monoisotopic (exact) mass is 318 g/mol. The van der Waals surface area contributed by atoms with Crippen LogP contribution >= 0.6 is 0 Å². The van der Waals surface area contributed by atoms with Crippen molar-refractivity contribution in [1.82, 2.24) is 14.7 Å². The van der Waals surface area contributed by atoms with Crippen molar-refractivity contribution < 1.29 is 5.21 Å². The van der Waals surface area contributed by atoms with Gasteiger partial charge in [-0.05, 0) is 22.4 Å². The summed E-state index contributed by atoms with van der Waals surface area (Å²) in [7, 11) is 0. The zero-order valence-corrected chi connectivity index (χ0v) is 12.7. The van der Waals surface area contributed by atoms with Gasteiger partial charge in [-0.2, -0.15) is 0 Å². The second-order valence-corrected chi connectivity index (χ2v) is 5.50. The molecule has 0 saturated heterocycles. The Morgan fingerprint density at radius 2 is 1.92 bits per heavy atom. The fourth-order valence-corrected chi connectivity index (χ4v) is 2.74. The molecule has 0 bridgehead atoms. The van der Waals surface area contributed by atoms with Gasteiger partial charge in [0.05, 0.1) is 11.1 Å². The minimum Gasteiger partial charge on any atom is -0.423 e. The molecule has 0 fully saturated rings. The van der Waals surface area contributed by atoms with Crippen molar-refractivity contribution in [2.75, 3.05) is 5.32 Å². The van der Waals surface area contributed by atoms with Crippen LogP contribution in [0.25, 0.3) is 21.8 Å². The highest BCUT2D eigenvalue weighted by molar-refractivity contribution is 5.88. The SMILES string of the molecule is O=c1cc(NCc2ccc3ccccc3c2)c2cncnc2n1O. The van der Waals surface area contributed by atoms with Gasteiger partial charge in [-0.1, -0.05) is 36.4 Å². The van der Waals surface area contributed by atoms with E-state index < -0.39 is 5.56 Å². The topological polar surface area (TPSA) is 80.0 Å². The molecule has 6 heteroatoms. The number of anilines is 1. The second-order valence-electron chi connectivity index (χ2n) is 5.50. The summed E-state index contributed by atoms with van der Waals surface area (Å²) in [6.45, 7) is 0.545. The first-order valence-electron chi connectivity index (χ1n) is 7.49. The molecule has 4 aromatic rings. The highest BCUT2D eigenvalue weighted by Gasteiger charge is 2.09. The van der Waals surface area contributed by atoms with Crippen molar-refractivity contribution >= 4 is 27.5 Å². The van der Waals surface area contributed by atoms with Gasteiger partial charge in [-0.3, -0.25) is 4.79 Å². The molecular formula is C18H14N4O2. The van der Waals surface area contributed by atoms with Crippen molar-refractivity contribution in [2.24, 2.45) is 0 Å².